The highest BCUT2D eigenvalue weighted by Crippen LogP contribution is 2.34. The summed E-state index contributed by atoms with van der Waals surface area (Å²) in [5, 5.41) is 3.70. The molecule has 5 nitrogen and oxygen atoms in total. The van der Waals surface area contributed by atoms with Crippen molar-refractivity contribution in [2.24, 2.45) is 0 Å². The van der Waals surface area contributed by atoms with Crippen LogP contribution in [0.5, 0.6) is 0 Å². The summed E-state index contributed by atoms with van der Waals surface area (Å²) < 4.78 is 3.35. The zero-order valence-corrected chi connectivity index (χ0v) is 14.5. The van der Waals surface area contributed by atoms with E-state index in [1.165, 1.54) is 5.56 Å². The second-order valence-corrected chi connectivity index (χ2v) is 6.39. The highest BCUT2D eigenvalue weighted by Gasteiger charge is 2.12. The number of H-pyrrole nitrogens is 1. The van der Waals surface area contributed by atoms with Gasteiger partial charge in [-0.1, -0.05) is 31.9 Å². The van der Waals surface area contributed by atoms with Gasteiger partial charge >= 0.3 is 0 Å². The van der Waals surface area contributed by atoms with Crippen LogP contribution in [0.1, 0.15) is 19.4 Å². The first-order chi connectivity index (χ1) is 11.8. The van der Waals surface area contributed by atoms with Crippen molar-refractivity contribution in [1.82, 2.24) is 9.97 Å². The number of carbonyl (C=O) groups is 1. The van der Waals surface area contributed by atoms with Crippen molar-refractivity contribution in [3.8, 4) is 11.1 Å². The lowest BCUT2D eigenvalue weighted by Crippen LogP contribution is -1.99. The summed E-state index contributed by atoms with van der Waals surface area (Å²) in [6.07, 6.45) is 3.44. The number of amides is 1. The predicted octanol–water partition coefficient (Wildman–Crippen LogP) is 4.44. The molecule has 3 N–H and O–H groups in total. The van der Waals surface area contributed by atoms with Crippen molar-refractivity contribution in [3.05, 3.63) is 42.1 Å². The third-order valence-corrected chi connectivity index (χ3v) is 4.51. The van der Waals surface area contributed by atoms with E-state index in [9.17, 15) is 4.79 Å². The first kappa shape index (κ1) is 16.4. The Kier molecular flexibility index (Phi) is 5.05. The molecule has 3 aromatic rings. The number of fused-ring (bicyclic) bond motifs is 1. The van der Waals surface area contributed by atoms with Gasteiger partial charge in [0.25, 0.3) is 0 Å². The van der Waals surface area contributed by atoms with E-state index in [0.717, 1.165) is 40.0 Å². The maximum absolute atomic E-state index is 10.8. The molecule has 3 rings (SSSR count). The number of aryl methyl sites for hydroxylation is 1. The minimum atomic E-state index is 0.542. The molecule has 2 aromatic heterocycles. The highest BCUT2D eigenvalue weighted by atomic mass is 32.2. The summed E-state index contributed by atoms with van der Waals surface area (Å²) in [4.78, 5) is 18.3. The second-order valence-electron chi connectivity index (χ2n) is 5.32. The minimum absolute atomic E-state index is 0.542. The molecule has 0 saturated carbocycles. The Hall–Kier alpha value is -2.47. The Bertz CT molecular complexity index is 859. The molecule has 0 bridgehead atoms. The van der Waals surface area contributed by atoms with Gasteiger partial charge in [0.15, 0.2) is 0 Å². The SMILES string of the molecule is CCSNc1ccc(-c2cc(NC=O)nc3[nH]ccc23)c(CC)c1. The molecule has 1 amide bonds. The molecule has 1 aromatic carbocycles. The fraction of sp³-hybridized carbons (Fsp3) is 0.222. The molecular formula is C18H20N4OS. The van der Waals surface area contributed by atoms with Crippen LogP contribution in [0.2, 0.25) is 0 Å². The number of hydrogen-bond acceptors (Lipinski definition) is 4. The summed E-state index contributed by atoms with van der Waals surface area (Å²) in [6.45, 7) is 4.27. The Balaban J connectivity index is 2.12. The van der Waals surface area contributed by atoms with Crippen LogP contribution in [0.4, 0.5) is 11.5 Å². The van der Waals surface area contributed by atoms with E-state index in [2.05, 4.69) is 52.1 Å². The Morgan fingerprint density at radius 1 is 1.21 bits per heavy atom. The van der Waals surface area contributed by atoms with E-state index in [-0.39, 0.29) is 0 Å². The van der Waals surface area contributed by atoms with Gasteiger partial charge < -0.3 is 15.0 Å². The summed E-state index contributed by atoms with van der Waals surface area (Å²) in [7, 11) is 0. The molecule has 6 heteroatoms. The molecule has 0 spiro atoms. The average Bonchev–Trinajstić information content (AvgIpc) is 3.08. The molecular weight excluding hydrogens is 320 g/mol. The number of carbonyl (C=O) groups excluding carboxylic acids is 1. The molecule has 0 aliphatic carbocycles. The smallest absolute Gasteiger partial charge is 0.212 e. The highest BCUT2D eigenvalue weighted by molar-refractivity contribution is 8.00. The average molecular weight is 340 g/mol. The zero-order valence-electron chi connectivity index (χ0n) is 13.7. The fourth-order valence-corrected chi connectivity index (χ4v) is 3.20. The molecule has 24 heavy (non-hydrogen) atoms. The van der Waals surface area contributed by atoms with Crippen LogP contribution in [-0.2, 0) is 11.2 Å². The Morgan fingerprint density at radius 2 is 2.08 bits per heavy atom. The predicted molar refractivity (Wildman–Crippen MR) is 102 cm³/mol. The van der Waals surface area contributed by atoms with Crippen molar-refractivity contribution < 1.29 is 4.79 Å². The number of nitrogens with zero attached hydrogens (tertiary/aromatic N) is 1. The van der Waals surface area contributed by atoms with E-state index >= 15 is 0 Å². The normalized spacial score (nSPS) is 10.8. The standard InChI is InChI=1S/C18H20N4OS/c1-3-12-9-13(22-24-4-2)5-6-14(12)16-10-17(20-11-23)21-18-15(16)7-8-19-18/h5-11,22H,3-4H2,1-2H3,(H2,19,20,21,23). The van der Waals surface area contributed by atoms with Crippen molar-refractivity contribution >= 4 is 40.9 Å². The number of nitrogens with one attached hydrogen (secondary N) is 3. The molecule has 0 aliphatic heterocycles. The summed E-state index contributed by atoms with van der Waals surface area (Å²) >= 11 is 1.68. The monoisotopic (exact) mass is 340 g/mol. The van der Waals surface area contributed by atoms with Crippen LogP contribution in [0.3, 0.4) is 0 Å². The van der Waals surface area contributed by atoms with Gasteiger partial charge in [0, 0.05) is 23.0 Å². The third kappa shape index (κ3) is 3.23. The van der Waals surface area contributed by atoms with Gasteiger partial charge in [0.1, 0.15) is 11.5 Å². The molecule has 124 valence electrons. The quantitative estimate of drug-likeness (QED) is 0.439. The van der Waals surface area contributed by atoms with Gasteiger partial charge in [-0.05, 0) is 47.4 Å². The van der Waals surface area contributed by atoms with Crippen molar-refractivity contribution in [2.45, 2.75) is 20.3 Å². The Labute approximate surface area is 145 Å². The van der Waals surface area contributed by atoms with Gasteiger partial charge in [-0.2, -0.15) is 0 Å². The van der Waals surface area contributed by atoms with Crippen molar-refractivity contribution in [3.63, 3.8) is 0 Å². The fourth-order valence-electron chi connectivity index (χ4n) is 2.76. The van der Waals surface area contributed by atoms with Crippen molar-refractivity contribution in [2.75, 3.05) is 15.8 Å². The number of aromatic amines is 1. The molecule has 0 radical (unpaired) electrons. The first-order valence-corrected chi connectivity index (χ1v) is 8.94. The van der Waals surface area contributed by atoms with Crippen LogP contribution >= 0.6 is 11.9 Å². The number of pyridine rings is 1. The van der Waals surface area contributed by atoms with Gasteiger partial charge in [-0.15, -0.1) is 0 Å². The van der Waals surface area contributed by atoms with E-state index in [0.29, 0.717) is 12.2 Å². The minimum Gasteiger partial charge on any atom is -0.346 e. The summed E-state index contributed by atoms with van der Waals surface area (Å²) in [5.41, 5.74) is 5.35. The van der Waals surface area contributed by atoms with Crippen LogP contribution in [0, 0.1) is 0 Å². The molecule has 0 aliphatic rings. The van der Waals surface area contributed by atoms with Crippen LogP contribution in [0.25, 0.3) is 22.2 Å². The number of anilines is 2. The summed E-state index contributed by atoms with van der Waals surface area (Å²) in [5.74, 6) is 1.55. The lowest BCUT2D eigenvalue weighted by molar-refractivity contribution is -0.105. The lowest BCUT2D eigenvalue weighted by atomic mass is 9.96. The summed E-state index contributed by atoms with van der Waals surface area (Å²) in [6, 6.07) is 10.3. The van der Waals surface area contributed by atoms with E-state index in [1.807, 2.05) is 18.3 Å². The third-order valence-electron chi connectivity index (χ3n) is 3.85. The molecule has 0 saturated heterocycles. The van der Waals surface area contributed by atoms with Crippen LogP contribution < -0.4 is 10.0 Å². The van der Waals surface area contributed by atoms with Gasteiger partial charge in [0.2, 0.25) is 6.41 Å². The Morgan fingerprint density at radius 3 is 2.83 bits per heavy atom. The molecule has 0 fully saturated rings. The topological polar surface area (TPSA) is 69.8 Å². The molecule has 0 unspecified atom stereocenters. The number of aromatic nitrogens is 2. The van der Waals surface area contributed by atoms with Gasteiger partial charge in [0.05, 0.1) is 0 Å². The number of hydrogen-bond donors (Lipinski definition) is 3. The van der Waals surface area contributed by atoms with Crippen LogP contribution in [-0.4, -0.2) is 22.1 Å². The maximum atomic E-state index is 10.8. The van der Waals surface area contributed by atoms with Crippen molar-refractivity contribution in [1.29, 1.82) is 0 Å². The lowest BCUT2D eigenvalue weighted by Gasteiger charge is -2.13. The zero-order chi connectivity index (χ0) is 16.9. The largest absolute Gasteiger partial charge is 0.346 e. The molecule has 0 atom stereocenters. The van der Waals surface area contributed by atoms with E-state index in [1.54, 1.807) is 11.9 Å². The van der Waals surface area contributed by atoms with E-state index in [4.69, 9.17) is 0 Å². The number of benzene rings is 1. The first-order valence-electron chi connectivity index (χ1n) is 7.96. The van der Waals surface area contributed by atoms with Gasteiger partial charge in [-0.3, -0.25) is 4.79 Å². The maximum Gasteiger partial charge on any atom is 0.212 e. The second kappa shape index (κ2) is 7.40. The van der Waals surface area contributed by atoms with Crippen LogP contribution in [0.15, 0.2) is 36.5 Å². The van der Waals surface area contributed by atoms with Gasteiger partial charge in [-0.25, -0.2) is 4.98 Å². The molecule has 2 heterocycles. The number of rotatable bonds is 7. The van der Waals surface area contributed by atoms with E-state index < -0.39 is 0 Å².